The highest BCUT2D eigenvalue weighted by Gasteiger charge is 2.35. The van der Waals surface area contributed by atoms with Gasteiger partial charge in [0, 0.05) is 23.5 Å². The summed E-state index contributed by atoms with van der Waals surface area (Å²) >= 11 is 1.55. The SMILES string of the molecule is CCCCOc1c(OC)cccc1C1CC(=O)Nc2c1c(C)nn2-c1nc2ccccc2s1. The molecule has 2 aromatic carbocycles. The number of unbranched alkanes of at least 4 members (excludes halogenated alkanes) is 1. The van der Waals surface area contributed by atoms with Gasteiger partial charge in [-0.25, -0.2) is 4.98 Å². The number of fused-ring (bicyclic) bond motifs is 2. The third-order valence-electron chi connectivity index (χ3n) is 5.92. The van der Waals surface area contributed by atoms with E-state index in [-0.39, 0.29) is 11.8 Å². The Morgan fingerprint density at radius 3 is 2.85 bits per heavy atom. The van der Waals surface area contributed by atoms with Crippen molar-refractivity contribution in [1.82, 2.24) is 14.8 Å². The van der Waals surface area contributed by atoms with Crippen LogP contribution in [-0.2, 0) is 4.79 Å². The number of nitrogens with zero attached hydrogens (tertiary/aromatic N) is 3. The molecule has 1 unspecified atom stereocenters. The van der Waals surface area contributed by atoms with Gasteiger partial charge >= 0.3 is 0 Å². The van der Waals surface area contributed by atoms with E-state index in [2.05, 4.69) is 12.2 Å². The molecule has 8 heteroatoms. The highest BCUT2D eigenvalue weighted by molar-refractivity contribution is 7.20. The Kier molecular flexibility index (Phi) is 5.76. The summed E-state index contributed by atoms with van der Waals surface area (Å²) in [5.74, 6) is 1.80. The number of rotatable bonds is 7. The summed E-state index contributed by atoms with van der Waals surface area (Å²) in [6, 6.07) is 13.8. The van der Waals surface area contributed by atoms with E-state index in [0.29, 0.717) is 30.3 Å². The van der Waals surface area contributed by atoms with Crippen molar-refractivity contribution in [1.29, 1.82) is 0 Å². The molecule has 0 radical (unpaired) electrons. The van der Waals surface area contributed by atoms with E-state index >= 15 is 0 Å². The molecule has 0 saturated carbocycles. The van der Waals surface area contributed by atoms with Gasteiger partial charge in [0.15, 0.2) is 11.5 Å². The Bertz CT molecular complexity index is 1290. The van der Waals surface area contributed by atoms with E-state index in [4.69, 9.17) is 19.6 Å². The Hall–Kier alpha value is -3.39. The number of amides is 1. The van der Waals surface area contributed by atoms with E-state index in [9.17, 15) is 4.79 Å². The Morgan fingerprint density at radius 2 is 2.06 bits per heavy atom. The Morgan fingerprint density at radius 1 is 1.21 bits per heavy atom. The maximum Gasteiger partial charge on any atom is 0.226 e. The van der Waals surface area contributed by atoms with Crippen LogP contribution in [0.2, 0.25) is 0 Å². The largest absolute Gasteiger partial charge is 0.493 e. The number of benzene rings is 2. The van der Waals surface area contributed by atoms with Crippen LogP contribution in [-0.4, -0.2) is 34.4 Å². The van der Waals surface area contributed by atoms with Gasteiger partial charge in [0.05, 0.1) is 29.6 Å². The monoisotopic (exact) mass is 462 g/mol. The summed E-state index contributed by atoms with van der Waals surface area (Å²) in [7, 11) is 1.64. The molecular weight excluding hydrogens is 436 g/mol. The first-order valence-corrected chi connectivity index (χ1v) is 12.0. The molecule has 0 spiro atoms. The van der Waals surface area contributed by atoms with Crippen molar-refractivity contribution in [2.24, 2.45) is 0 Å². The summed E-state index contributed by atoms with van der Waals surface area (Å²) in [6.07, 6.45) is 2.30. The predicted octanol–water partition coefficient (Wildman–Crippen LogP) is 5.45. The van der Waals surface area contributed by atoms with E-state index in [1.807, 2.05) is 49.4 Å². The number of hydrogen-bond donors (Lipinski definition) is 1. The van der Waals surface area contributed by atoms with Gasteiger partial charge in [0.2, 0.25) is 11.0 Å². The molecule has 33 heavy (non-hydrogen) atoms. The number of methoxy groups -OCH3 is 1. The minimum Gasteiger partial charge on any atom is -0.493 e. The summed E-state index contributed by atoms with van der Waals surface area (Å²) in [5.41, 5.74) is 3.70. The maximum atomic E-state index is 12.9. The van der Waals surface area contributed by atoms with Gasteiger partial charge in [-0.05, 0) is 31.5 Å². The number of carbonyl (C=O) groups is 1. The van der Waals surface area contributed by atoms with Crippen LogP contribution < -0.4 is 14.8 Å². The van der Waals surface area contributed by atoms with Gasteiger partial charge in [0.25, 0.3) is 0 Å². The minimum atomic E-state index is -0.191. The number of hydrogen-bond acceptors (Lipinski definition) is 6. The molecule has 170 valence electrons. The molecule has 0 bridgehead atoms. The fourth-order valence-corrected chi connectivity index (χ4v) is 5.27. The molecule has 1 N–H and O–H groups in total. The van der Waals surface area contributed by atoms with Crippen molar-refractivity contribution in [2.45, 2.75) is 39.0 Å². The van der Waals surface area contributed by atoms with Crippen molar-refractivity contribution in [3.63, 3.8) is 0 Å². The van der Waals surface area contributed by atoms with Crippen LogP contribution in [0.4, 0.5) is 5.82 Å². The summed E-state index contributed by atoms with van der Waals surface area (Å²) < 4.78 is 14.6. The molecule has 0 fully saturated rings. The first-order chi connectivity index (χ1) is 16.1. The number of carbonyl (C=O) groups excluding carboxylic acids is 1. The second kappa shape index (κ2) is 8.86. The lowest BCUT2D eigenvalue weighted by molar-refractivity contribution is -0.116. The molecule has 1 amide bonds. The lowest BCUT2D eigenvalue weighted by Gasteiger charge is -2.26. The Balaban J connectivity index is 1.63. The average molecular weight is 463 g/mol. The van der Waals surface area contributed by atoms with Gasteiger partial charge in [-0.2, -0.15) is 9.78 Å². The first-order valence-electron chi connectivity index (χ1n) is 11.2. The average Bonchev–Trinajstić information content (AvgIpc) is 3.39. The molecule has 1 aliphatic rings. The van der Waals surface area contributed by atoms with E-state index in [1.165, 1.54) is 0 Å². The molecule has 1 aliphatic heterocycles. The highest BCUT2D eigenvalue weighted by atomic mass is 32.1. The van der Waals surface area contributed by atoms with Gasteiger partial charge < -0.3 is 14.8 Å². The third kappa shape index (κ3) is 3.84. The molecule has 1 atom stereocenters. The third-order valence-corrected chi connectivity index (χ3v) is 6.93. The molecule has 0 aliphatic carbocycles. The quantitative estimate of drug-likeness (QED) is 0.370. The minimum absolute atomic E-state index is 0.0583. The van der Waals surface area contributed by atoms with Gasteiger partial charge in [0.1, 0.15) is 5.82 Å². The molecule has 7 nitrogen and oxygen atoms in total. The Labute approximate surface area is 196 Å². The summed E-state index contributed by atoms with van der Waals surface area (Å²) in [6.45, 7) is 4.70. The number of aryl methyl sites for hydroxylation is 1. The zero-order valence-corrected chi connectivity index (χ0v) is 19.7. The smallest absolute Gasteiger partial charge is 0.226 e. The van der Waals surface area contributed by atoms with E-state index in [1.54, 1.807) is 23.1 Å². The van der Waals surface area contributed by atoms with Crippen molar-refractivity contribution in [3.8, 4) is 16.6 Å². The van der Waals surface area contributed by atoms with Crippen molar-refractivity contribution >= 4 is 33.3 Å². The number of thiazole rings is 1. The second-order valence-electron chi connectivity index (χ2n) is 8.11. The van der Waals surface area contributed by atoms with Crippen LogP contribution in [0.15, 0.2) is 42.5 Å². The molecule has 3 heterocycles. The van der Waals surface area contributed by atoms with Crippen LogP contribution in [0.25, 0.3) is 15.3 Å². The maximum absolute atomic E-state index is 12.9. The van der Waals surface area contributed by atoms with Crippen molar-refractivity contribution < 1.29 is 14.3 Å². The fourth-order valence-electron chi connectivity index (χ4n) is 4.34. The second-order valence-corrected chi connectivity index (χ2v) is 9.12. The van der Waals surface area contributed by atoms with Gasteiger partial charge in [-0.3, -0.25) is 4.79 Å². The number of anilines is 1. The number of nitrogens with one attached hydrogen (secondary N) is 1. The zero-order valence-electron chi connectivity index (χ0n) is 18.9. The first kappa shape index (κ1) is 21.5. The molecule has 2 aromatic heterocycles. The number of para-hydroxylation sites is 2. The van der Waals surface area contributed by atoms with Crippen molar-refractivity contribution in [2.75, 3.05) is 19.0 Å². The predicted molar refractivity (Wildman–Crippen MR) is 130 cm³/mol. The number of aromatic nitrogens is 3. The standard InChI is InChI=1S/C25H26N4O3S/c1-4-5-13-32-23-16(9-8-11-19(23)31-3)17-14-21(30)27-24-22(17)15(2)28-29(24)25-26-18-10-6-7-12-20(18)33-25/h6-12,17H,4-5,13-14H2,1-3H3,(H,27,30). The van der Waals surface area contributed by atoms with E-state index < -0.39 is 0 Å². The normalized spacial score (nSPS) is 15.4. The summed E-state index contributed by atoms with van der Waals surface area (Å²) in [4.78, 5) is 17.6. The number of ether oxygens (including phenoxy) is 2. The molecule has 4 aromatic rings. The molecule has 5 rings (SSSR count). The van der Waals surface area contributed by atoms with Crippen LogP contribution in [0, 0.1) is 6.92 Å². The van der Waals surface area contributed by atoms with Crippen LogP contribution >= 0.6 is 11.3 Å². The summed E-state index contributed by atoms with van der Waals surface area (Å²) in [5, 5.41) is 8.57. The fraction of sp³-hybridized carbons (Fsp3) is 0.320. The van der Waals surface area contributed by atoms with Gasteiger partial charge in [-0.1, -0.05) is 48.9 Å². The van der Waals surface area contributed by atoms with Gasteiger partial charge in [-0.15, -0.1) is 0 Å². The van der Waals surface area contributed by atoms with Crippen LogP contribution in [0.1, 0.15) is 48.9 Å². The van der Waals surface area contributed by atoms with Crippen LogP contribution in [0.5, 0.6) is 11.5 Å². The topological polar surface area (TPSA) is 78.3 Å². The van der Waals surface area contributed by atoms with Crippen molar-refractivity contribution in [3.05, 3.63) is 59.3 Å². The van der Waals surface area contributed by atoms with E-state index in [0.717, 1.165) is 45.0 Å². The lowest BCUT2D eigenvalue weighted by Crippen LogP contribution is -2.25. The highest BCUT2D eigenvalue weighted by Crippen LogP contribution is 2.46. The molecule has 0 saturated heterocycles. The zero-order chi connectivity index (χ0) is 22.9. The van der Waals surface area contributed by atoms with Crippen LogP contribution in [0.3, 0.4) is 0 Å². The molecular formula is C25H26N4O3S. The lowest BCUT2D eigenvalue weighted by atomic mass is 9.85.